The first-order valence-electron chi connectivity index (χ1n) is 11.4. The van der Waals surface area contributed by atoms with Crippen molar-refractivity contribution in [2.24, 2.45) is 0 Å². The molecule has 6 heteroatoms. The summed E-state index contributed by atoms with van der Waals surface area (Å²) in [6.07, 6.45) is 11.3. The molecule has 0 aliphatic heterocycles. The van der Waals surface area contributed by atoms with E-state index in [1.54, 1.807) is 12.4 Å². The van der Waals surface area contributed by atoms with Crippen LogP contribution in [0.5, 0.6) is 0 Å². The van der Waals surface area contributed by atoms with Crippen molar-refractivity contribution >= 4 is 0 Å². The van der Waals surface area contributed by atoms with Crippen LogP contribution in [0.25, 0.3) is 17.1 Å². The maximum Gasteiger partial charge on any atom is 0.0648 e. The SMILES string of the molecule is Cc1cccc(-n2cccn2)c1.Cc1cnn(-c2ccccc2)c1.c1ccc(-n2cccn2)cc1. The summed E-state index contributed by atoms with van der Waals surface area (Å²) in [6, 6.07) is 32.2. The maximum atomic E-state index is 4.20. The summed E-state index contributed by atoms with van der Waals surface area (Å²) < 4.78 is 5.56. The van der Waals surface area contributed by atoms with Gasteiger partial charge in [0, 0.05) is 31.0 Å². The fourth-order valence-corrected chi connectivity index (χ4v) is 3.33. The molecule has 0 radical (unpaired) electrons. The second-order valence-corrected chi connectivity index (χ2v) is 7.87. The highest BCUT2D eigenvalue weighted by molar-refractivity contribution is 5.34. The molecular weight excluding hydrogens is 432 g/mol. The van der Waals surface area contributed by atoms with Gasteiger partial charge in [-0.2, -0.15) is 15.3 Å². The highest BCUT2D eigenvalue weighted by Crippen LogP contribution is 2.08. The number of benzene rings is 3. The van der Waals surface area contributed by atoms with Gasteiger partial charge in [0.05, 0.1) is 23.3 Å². The van der Waals surface area contributed by atoms with E-state index in [-0.39, 0.29) is 0 Å². The molecular formula is C29H28N6. The Balaban J connectivity index is 0.000000124. The van der Waals surface area contributed by atoms with E-state index in [9.17, 15) is 0 Å². The monoisotopic (exact) mass is 460 g/mol. The lowest BCUT2D eigenvalue weighted by Gasteiger charge is -2.00. The molecule has 35 heavy (non-hydrogen) atoms. The standard InChI is InChI=1S/2C10H10N2.C9H8N2/c1-9-4-2-5-10(8-9)12-7-3-6-11-12;1-9-7-11-12(8-9)10-5-3-2-4-6-10;1-2-5-9(6-3-1)11-8-4-7-10-11/h2*2-8H,1H3;1-8H. The summed E-state index contributed by atoms with van der Waals surface area (Å²) in [5.41, 5.74) is 5.74. The van der Waals surface area contributed by atoms with Crippen LogP contribution in [-0.4, -0.2) is 29.3 Å². The van der Waals surface area contributed by atoms with Gasteiger partial charge in [-0.25, -0.2) is 14.0 Å². The minimum atomic E-state index is 1.09. The van der Waals surface area contributed by atoms with E-state index >= 15 is 0 Å². The van der Waals surface area contributed by atoms with Gasteiger partial charge in [-0.05, 0) is 73.5 Å². The molecule has 6 aromatic rings. The van der Waals surface area contributed by atoms with E-state index in [2.05, 4.69) is 34.4 Å². The lowest BCUT2D eigenvalue weighted by Crippen LogP contribution is -1.93. The molecule has 0 atom stereocenters. The summed E-state index contributed by atoms with van der Waals surface area (Å²) in [4.78, 5) is 0. The molecule has 0 aliphatic carbocycles. The van der Waals surface area contributed by atoms with Gasteiger partial charge in [-0.3, -0.25) is 0 Å². The normalized spacial score (nSPS) is 10.0. The Kier molecular flexibility index (Phi) is 8.01. The van der Waals surface area contributed by atoms with E-state index in [0.717, 1.165) is 17.1 Å². The van der Waals surface area contributed by atoms with E-state index < -0.39 is 0 Å². The Labute approximate surface area is 205 Å². The molecule has 0 amide bonds. The molecule has 3 aromatic heterocycles. The van der Waals surface area contributed by atoms with Crippen LogP contribution in [0.2, 0.25) is 0 Å². The van der Waals surface area contributed by atoms with E-state index in [1.165, 1.54) is 11.1 Å². The molecule has 0 saturated heterocycles. The fourth-order valence-electron chi connectivity index (χ4n) is 3.33. The van der Waals surface area contributed by atoms with Gasteiger partial charge < -0.3 is 0 Å². The Morgan fingerprint density at radius 3 is 1.51 bits per heavy atom. The lowest BCUT2D eigenvalue weighted by atomic mass is 10.2. The van der Waals surface area contributed by atoms with Gasteiger partial charge in [0.1, 0.15) is 0 Å². The third kappa shape index (κ3) is 6.88. The lowest BCUT2D eigenvalue weighted by molar-refractivity contribution is 0.879. The van der Waals surface area contributed by atoms with E-state index in [1.807, 2.05) is 131 Å². The number of hydrogen-bond donors (Lipinski definition) is 0. The summed E-state index contributed by atoms with van der Waals surface area (Å²) in [7, 11) is 0. The highest BCUT2D eigenvalue weighted by Gasteiger charge is 1.95. The minimum absolute atomic E-state index is 1.09. The number of hydrogen-bond acceptors (Lipinski definition) is 3. The van der Waals surface area contributed by atoms with Gasteiger partial charge >= 0.3 is 0 Å². The molecule has 0 aliphatic rings. The zero-order valence-corrected chi connectivity index (χ0v) is 19.9. The van der Waals surface area contributed by atoms with Crippen molar-refractivity contribution < 1.29 is 0 Å². The Bertz CT molecular complexity index is 1390. The van der Waals surface area contributed by atoms with Crippen LogP contribution in [0, 0.1) is 13.8 Å². The quantitative estimate of drug-likeness (QED) is 0.314. The third-order valence-electron chi connectivity index (χ3n) is 5.03. The summed E-state index contributed by atoms with van der Waals surface area (Å²) in [5, 5.41) is 12.5. The Hall–Kier alpha value is -4.71. The predicted octanol–water partition coefficient (Wildman–Crippen LogP) is 6.23. The van der Waals surface area contributed by atoms with Crippen molar-refractivity contribution in [3.8, 4) is 17.1 Å². The van der Waals surface area contributed by atoms with Gasteiger partial charge in [0.25, 0.3) is 0 Å². The Morgan fingerprint density at radius 2 is 1.03 bits per heavy atom. The molecule has 0 unspecified atom stereocenters. The Morgan fingerprint density at radius 1 is 0.486 bits per heavy atom. The van der Waals surface area contributed by atoms with Crippen LogP contribution in [-0.2, 0) is 0 Å². The number of rotatable bonds is 3. The molecule has 0 spiro atoms. The smallest absolute Gasteiger partial charge is 0.0648 e. The van der Waals surface area contributed by atoms with Crippen LogP contribution < -0.4 is 0 Å². The number of para-hydroxylation sites is 2. The van der Waals surface area contributed by atoms with Crippen LogP contribution >= 0.6 is 0 Å². The maximum absolute atomic E-state index is 4.20. The zero-order valence-electron chi connectivity index (χ0n) is 19.9. The molecule has 0 bridgehead atoms. The van der Waals surface area contributed by atoms with Gasteiger partial charge in [0.2, 0.25) is 0 Å². The number of nitrogens with zero attached hydrogens (tertiary/aromatic N) is 6. The summed E-state index contributed by atoms with van der Waals surface area (Å²) in [5.74, 6) is 0. The molecule has 0 saturated carbocycles. The minimum Gasteiger partial charge on any atom is -0.241 e. The molecule has 3 heterocycles. The number of aromatic nitrogens is 6. The second kappa shape index (κ2) is 12.0. The van der Waals surface area contributed by atoms with Crippen LogP contribution in [0.1, 0.15) is 11.1 Å². The van der Waals surface area contributed by atoms with E-state index in [4.69, 9.17) is 0 Å². The highest BCUT2D eigenvalue weighted by atomic mass is 15.3. The molecule has 0 fully saturated rings. The summed E-state index contributed by atoms with van der Waals surface area (Å²) in [6.45, 7) is 4.11. The molecule has 174 valence electrons. The van der Waals surface area contributed by atoms with Crippen LogP contribution in [0.4, 0.5) is 0 Å². The average molecular weight is 461 g/mol. The first-order valence-corrected chi connectivity index (χ1v) is 11.4. The fraction of sp³-hybridized carbons (Fsp3) is 0.0690. The van der Waals surface area contributed by atoms with Crippen molar-refractivity contribution in [1.82, 2.24) is 29.3 Å². The largest absolute Gasteiger partial charge is 0.241 e. The second-order valence-electron chi connectivity index (χ2n) is 7.87. The van der Waals surface area contributed by atoms with Crippen LogP contribution in [0.15, 0.2) is 134 Å². The van der Waals surface area contributed by atoms with Crippen molar-refractivity contribution in [3.05, 3.63) is 145 Å². The van der Waals surface area contributed by atoms with Crippen molar-refractivity contribution in [2.45, 2.75) is 13.8 Å². The topological polar surface area (TPSA) is 53.5 Å². The van der Waals surface area contributed by atoms with Crippen molar-refractivity contribution in [3.63, 3.8) is 0 Å². The molecule has 6 nitrogen and oxygen atoms in total. The van der Waals surface area contributed by atoms with Crippen molar-refractivity contribution in [1.29, 1.82) is 0 Å². The predicted molar refractivity (Wildman–Crippen MR) is 140 cm³/mol. The van der Waals surface area contributed by atoms with E-state index in [0.29, 0.717) is 0 Å². The van der Waals surface area contributed by atoms with Gasteiger partial charge in [0.15, 0.2) is 0 Å². The van der Waals surface area contributed by atoms with Gasteiger partial charge in [-0.1, -0.05) is 48.5 Å². The number of aryl methyl sites for hydroxylation is 2. The van der Waals surface area contributed by atoms with Crippen molar-refractivity contribution in [2.75, 3.05) is 0 Å². The molecule has 6 rings (SSSR count). The third-order valence-corrected chi connectivity index (χ3v) is 5.03. The first-order chi connectivity index (χ1) is 17.2. The molecule has 0 N–H and O–H groups in total. The average Bonchev–Trinajstić information content (AvgIpc) is 3.69. The van der Waals surface area contributed by atoms with Crippen LogP contribution in [0.3, 0.4) is 0 Å². The zero-order chi connectivity index (χ0) is 24.3. The first kappa shape index (κ1) is 23.4. The molecule has 3 aromatic carbocycles. The van der Waals surface area contributed by atoms with Gasteiger partial charge in [-0.15, -0.1) is 0 Å². The summed E-state index contributed by atoms with van der Waals surface area (Å²) >= 11 is 0.